The molecule has 6 nitrogen and oxygen atoms in total. The average molecular weight is 401 g/mol. The number of aromatic nitrogens is 2. The van der Waals surface area contributed by atoms with Crippen molar-refractivity contribution in [2.24, 2.45) is 5.10 Å². The molecule has 0 spiro atoms. The number of hydrogen-bond donors (Lipinski definition) is 1. The van der Waals surface area contributed by atoms with Crippen LogP contribution >= 0.6 is 15.9 Å². The molecule has 0 aromatic carbocycles. The Kier molecular flexibility index (Phi) is 4.81. The van der Waals surface area contributed by atoms with Crippen molar-refractivity contribution in [3.63, 3.8) is 0 Å². The van der Waals surface area contributed by atoms with Crippen molar-refractivity contribution in [3.8, 4) is 0 Å². The van der Waals surface area contributed by atoms with E-state index in [1.54, 1.807) is 13.8 Å². The molecule has 0 aliphatic carbocycles. The largest absolute Gasteiger partial charge is 0.364 e. The van der Waals surface area contributed by atoms with Gasteiger partial charge in [0, 0.05) is 6.42 Å². The summed E-state index contributed by atoms with van der Waals surface area (Å²) in [5, 5.41) is 17.1. The van der Waals surface area contributed by atoms with Crippen LogP contribution in [0.25, 0.3) is 0 Å². The van der Waals surface area contributed by atoms with Crippen LogP contribution < -0.4 is 0 Å². The predicted molar refractivity (Wildman–Crippen MR) is 75.3 cm³/mol. The number of amides is 1. The summed E-state index contributed by atoms with van der Waals surface area (Å²) in [5.74, 6) is -1.07. The van der Waals surface area contributed by atoms with Gasteiger partial charge in [-0.25, -0.2) is 17.6 Å². The Morgan fingerprint density at radius 2 is 2.00 bits per heavy atom. The molecule has 0 fully saturated rings. The minimum absolute atomic E-state index is 0.0313. The summed E-state index contributed by atoms with van der Waals surface area (Å²) in [6.07, 6.45) is -7.69. The van der Waals surface area contributed by atoms with Crippen molar-refractivity contribution in [1.82, 2.24) is 14.8 Å². The highest BCUT2D eigenvalue weighted by atomic mass is 79.9. The van der Waals surface area contributed by atoms with Crippen LogP contribution in [0.1, 0.15) is 17.8 Å². The van der Waals surface area contributed by atoms with Crippen LogP contribution in [0.15, 0.2) is 9.57 Å². The van der Waals surface area contributed by atoms with E-state index < -0.39 is 43.2 Å². The molecular formula is C12H13BrF4N4O2. The molecule has 1 unspecified atom stereocenters. The molecule has 1 aromatic rings. The molecule has 1 aliphatic rings. The van der Waals surface area contributed by atoms with Crippen LogP contribution in [-0.4, -0.2) is 50.1 Å². The first kappa shape index (κ1) is 17.9. The van der Waals surface area contributed by atoms with Crippen molar-refractivity contribution < 1.29 is 27.5 Å². The van der Waals surface area contributed by atoms with Gasteiger partial charge in [-0.3, -0.25) is 9.48 Å². The lowest BCUT2D eigenvalue weighted by molar-refractivity contribution is -0.192. The number of aryl methyl sites for hydroxylation is 1. The zero-order valence-corrected chi connectivity index (χ0v) is 13.7. The summed E-state index contributed by atoms with van der Waals surface area (Å²) in [6, 6.07) is 0. The second kappa shape index (κ2) is 6.19. The molecule has 23 heavy (non-hydrogen) atoms. The summed E-state index contributed by atoms with van der Waals surface area (Å²) < 4.78 is 53.3. The Morgan fingerprint density at radius 1 is 1.39 bits per heavy atom. The standard InChI is InChI=1S/C12H13BrF4N4O2/c1-5-9(13)6(2)20(18-5)4-8(22)21-12(23,11(16)17)3-7(19-21)10(14)15/h10-11,23H,3-4H2,1-2H3. The van der Waals surface area contributed by atoms with Crippen LogP contribution in [0, 0.1) is 13.8 Å². The molecule has 1 amide bonds. The number of rotatable bonds is 4. The van der Waals surface area contributed by atoms with Crippen molar-refractivity contribution >= 4 is 27.5 Å². The molecule has 1 aliphatic heterocycles. The minimum atomic E-state index is -3.45. The molecule has 2 rings (SSSR count). The molecule has 0 bridgehead atoms. The second-order valence-corrected chi connectivity index (χ2v) is 5.89. The number of nitrogens with zero attached hydrogens (tertiary/aromatic N) is 4. The molecule has 1 aromatic heterocycles. The Balaban J connectivity index is 2.29. The number of carbonyl (C=O) groups is 1. The van der Waals surface area contributed by atoms with Gasteiger partial charge in [0.2, 0.25) is 5.72 Å². The zero-order valence-electron chi connectivity index (χ0n) is 12.1. The molecule has 11 heteroatoms. The number of aliphatic hydroxyl groups is 1. The van der Waals surface area contributed by atoms with E-state index in [4.69, 9.17) is 0 Å². The smallest absolute Gasteiger partial charge is 0.287 e. The van der Waals surface area contributed by atoms with Gasteiger partial charge in [0.1, 0.15) is 12.3 Å². The number of carbonyl (C=O) groups excluding carboxylic acids is 1. The van der Waals surface area contributed by atoms with Crippen LogP contribution in [-0.2, 0) is 11.3 Å². The van der Waals surface area contributed by atoms with Gasteiger partial charge in [0.05, 0.1) is 15.9 Å². The van der Waals surface area contributed by atoms with Crippen LogP contribution in [0.2, 0.25) is 0 Å². The maximum atomic E-state index is 13.1. The number of alkyl halides is 4. The van der Waals surface area contributed by atoms with Gasteiger partial charge in [0.25, 0.3) is 18.8 Å². The SMILES string of the molecule is Cc1nn(CC(=O)N2N=C(C(F)F)CC2(O)C(F)F)c(C)c1Br. The third kappa shape index (κ3) is 3.11. The maximum Gasteiger partial charge on any atom is 0.287 e. The molecule has 1 N–H and O–H groups in total. The first-order chi connectivity index (χ1) is 10.6. The lowest BCUT2D eigenvalue weighted by atomic mass is 10.1. The van der Waals surface area contributed by atoms with E-state index in [0.717, 1.165) is 0 Å². The topological polar surface area (TPSA) is 70.7 Å². The van der Waals surface area contributed by atoms with E-state index in [2.05, 4.69) is 26.1 Å². The van der Waals surface area contributed by atoms with E-state index in [0.29, 0.717) is 15.9 Å². The van der Waals surface area contributed by atoms with E-state index in [-0.39, 0.29) is 5.01 Å². The number of halogens is 5. The van der Waals surface area contributed by atoms with Crippen LogP contribution in [0.3, 0.4) is 0 Å². The molecule has 0 saturated heterocycles. The Morgan fingerprint density at radius 3 is 2.43 bits per heavy atom. The van der Waals surface area contributed by atoms with Gasteiger partial charge in [-0.15, -0.1) is 0 Å². The predicted octanol–water partition coefficient (Wildman–Crippen LogP) is 2.07. The van der Waals surface area contributed by atoms with Crippen LogP contribution in [0.5, 0.6) is 0 Å². The fourth-order valence-corrected chi connectivity index (χ4v) is 2.46. The number of hydrazone groups is 1. The van der Waals surface area contributed by atoms with E-state index >= 15 is 0 Å². The Hall–Kier alpha value is -1.49. The van der Waals surface area contributed by atoms with Crippen molar-refractivity contribution in [2.75, 3.05) is 0 Å². The molecule has 1 atom stereocenters. The summed E-state index contributed by atoms with van der Waals surface area (Å²) in [4.78, 5) is 12.2. The quantitative estimate of drug-likeness (QED) is 0.786. The Labute approximate surface area is 136 Å². The highest BCUT2D eigenvalue weighted by Gasteiger charge is 2.53. The molecule has 2 heterocycles. The summed E-state index contributed by atoms with van der Waals surface area (Å²) in [5.41, 5.74) is -2.92. The van der Waals surface area contributed by atoms with E-state index in [1.165, 1.54) is 4.68 Å². The highest BCUT2D eigenvalue weighted by Crippen LogP contribution is 2.33. The van der Waals surface area contributed by atoms with Crippen LogP contribution in [0.4, 0.5) is 17.6 Å². The molecule has 0 radical (unpaired) electrons. The van der Waals surface area contributed by atoms with Gasteiger partial charge < -0.3 is 5.11 Å². The monoisotopic (exact) mass is 400 g/mol. The summed E-state index contributed by atoms with van der Waals surface area (Å²) >= 11 is 3.24. The molecule has 128 valence electrons. The van der Waals surface area contributed by atoms with Crippen molar-refractivity contribution in [3.05, 3.63) is 15.9 Å². The maximum absolute atomic E-state index is 13.1. The van der Waals surface area contributed by atoms with Crippen molar-refractivity contribution in [2.45, 2.75) is 45.4 Å². The van der Waals surface area contributed by atoms with E-state index in [1.807, 2.05) is 0 Å². The third-order valence-electron chi connectivity index (χ3n) is 3.45. The third-order valence-corrected chi connectivity index (χ3v) is 4.60. The lowest BCUT2D eigenvalue weighted by Gasteiger charge is -2.30. The fraction of sp³-hybridized carbons (Fsp3) is 0.583. The van der Waals surface area contributed by atoms with Gasteiger partial charge in [-0.05, 0) is 29.8 Å². The lowest BCUT2D eigenvalue weighted by Crippen LogP contribution is -2.52. The highest BCUT2D eigenvalue weighted by molar-refractivity contribution is 9.10. The summed E-state index contributed by atoms with van der Waals surface area (Å²) in [6.45, 7) is 2.78. The minimum Gasteiger partial charge on any atom is -0.364 e. The normalized spacial score (nSPS) is 21.5. The fourth-order valence-electron chi connectivity index (χ4n) is 2.18. The Bertz CT molecular complexity index is 664. The van der Waals surface area contributed by atoms with Crippen molar-refractivity contribution in [1.29, 1.82) is 0 Å². The van der Waals surface area contributed by atoms with Gasteiger partial charge >= 0.3 is 0 Å². The first-order valence-corrected chi connectivity index (χ1v) is 7.25. The number of hydrogen-bond acceptors (Lipinski definition) is 4. The molecule has 0 saturated carbocycles. The average Bonchev–Trinajstić information content (AvgIpc) is 2.94. The second-order valence-electron chi connectivity index (χ2n) is 5.10. The first-order valence-electron chi connectivity index (χ1n) is 6.46. The van der Waals surface area contributed by atoms with Gasteiger partial charge in [0.15, 0.2) is 0 Å². The molecular weight excluding hydrogens is 388 g/mol. The van der Waals surface area contributed by atoms with Gasteiger partial charge in [-0.1, -0.05) is 0 Å². The van der Waals surface area contributed by atoms with Gasteiger partial charge in [-0.2, -0.15) is 15.2 Å². The zero-order chi connectivity index (χ0) is 17.5. The summed E-state index contributed by atoms with van der Waals surface area (Å²) in [7, 11) is 0. The van der Waals surface area contributed by atoms with E-state index in [9.17, 15) is 27.5 Å².